The lowest BCUT2D eigenvalue weighted by Crippen LogP contribution is -2.40. The molecule has 1 heterocycles. The van der Waals surface area contributed by atoms with E-state index in [0.29, 0.717) is 12.6 Å². The first kappa shape index (κ1) is 15.7. The topological polar surface area (TPSA) is 12.5 Å². The van der Waals surface area contributed by atoms with E-state index in [1.165, 1.54) is 12.1 Å². The molecule has 0 aliphatic carbocycles. The van der Waals surface area contributed by atoms with Gasteiger partial charge in [0.25, 0.3) is 0 Å². The van der Waals surface area contributed by atoms with Crippen LogP contribution >= 0.6 is 11.6 Å². The van der Waals surface area contributed by atoms with Crippen molar-refractivity contribution in [3.8, 4) is 0 Å². The fourth-order valence-corrected chi connectivity index (χ4v) is 2.94. The SMILES string of the molecule is COCC[C@@H]1CCCCN1Cc1c(F)ccc(Cl)c1F. The molecular formula is C15H20ClF2NO. The minimum atomic E-state index is -0.636. The molecule has 1 atom stereocenters. The van der Waals surface area contributed by atoms with Gasteiger partial charge in [0, 0.05) is 31.9 Å². The number of piperidine rings is 1. The summed E-state index contributed by atoms with van der Waals surface area (Å²) < 4.78 is 32.9. The highest BCUT2D eigenvalue weighted by atomic mass is 35.5. The molecule has 0 saturated carbocycles. The molecule has 5 heteroatoms. The van der Waals surface area contributed by atoms with Gasteiger partial charge in [-0.05, 0) is 37.9 Å². The van der Waals surface area contributed by atoms with Crippen molar-refractivity contribution in [1.29, 1.82) is 0 Å². The molecule has 1 aromatic carbocycles. The van der Waals surface area contributed by atoms with Crippen molar-refractivity contribution in [3.05, 3.63) is 34.4 Å². The highest BCUT2D eigenvalue weighted by Gasteiger charge is 2.24. The molecule has 112 valence electrons. The van der Waals surface area contributed by atoms with Crippen LogP contribution in [0.2, 0.25) is 5.02 Å². The summed E-state index contributed by atoms with van der Waals surface area (Å²) in [5.41, 5.74) is 0.0711. The first-order valence-electron chi connectivity index (χ1n) is 6.99. The maximum atomic E-state index is 14.0. The maximum absolute atomic E-state index is 14.0. The zero-order valence-corrected chi connectivity index (χ0v) is 12.4. The number of halogens is 3. The molecule has 1 aliphatic rings. The maximum Gasteiger partial charge on any atom is 0.149 e. The van der Waals surface area contributed by atoms with Crippen LogP contribution in [0.1, 0.15) is 31.2 Å². The summed E-state index contributed by atoms with van der Waals surface area (Å²) in [6.07, 6.45) is 4.16. The molecule has 1 fully saturated rings. The first-order valence-corrected chi connectivity index (χ1v) is 7.36. The Morgan fingerprint density at radius 1 is 1.35 bits per heavy atom. The van der Waals surface area contributed by atoms with Gasteiger partial charge in [0.05, 0.1) is 5.02 Å². The van der Waals surface area contributed by atoms with E-state index in [0.717, 1.165) is 32.2 Å². The summed E-state index contributed by atoms with van der Waals surface area (Å²) in [5, 5.41) is -0.0214. The third-order valence-corrected chi connectivity index (χ3v) is 4.20. The molecular weight excluding hydrogens is 284 g/mol. The van der Waals surface area contributed by atoms with Crippen LogP contribution in [0.4, 0.5) is 8.78 Å². The fourth-order valence-electron chi connectivity index (χ4n) is 2.77. The molecule has 0 bridgehead atoms. The van der Waals surface area contributed by atoms with Crippen molar-refractivity contribution in [2.45, 2.75) is 38.3 Å². The Balaban J connectivity index is 2.12. The lowest BCUT2D eigenvalue weighted by molar-refractivity contribution is 0.0955. The van der Waals surface area contributed by atoms with Crippen LogP contribution in [0.5, 0.6) is 0 Å². The molecule has 0 aromatic heterocycles. The molecule has 1 saturated heterocycles. The Labute approximate surface area is 123 Å². The Morgan fingerprint density at radius 3 is 2.90 bits per heavy atom. The van der Waals surface area contributed by atoms with E-state index in [9.17, 15) is 8.78 Å². The summed E-state index contributed by atoms with van der Waals surface area (Å²) in [5.74, 6) is -1.16. The van der Waals surface area contributed by atoms with Crippen LogP contribution in [0.15, 0.2) is 12.1 Å². The van der Waals surface area contributed by atoms with E-state index in [1.807, 2.05) is 0 Å². The van der Waals surface area contributed by atoms with Crippen LogP contribution in [0, 0.1) is 11.6 Å². The molecule has 0 radical (unpaired) electrons. The third kappa shape index (κ3) is 3.68. The summed E-state index contributed by atoms with van der Waals surface area (Å²) >= 11 is 5.74. The van der Waals surface area contributed by atoms with Crippen LogP contribution in [0.3, 0.4) is 0 Å². The van der Waals surface area contributed by atoms with Gasteiger partial charge in [0.1, 0.15) is 11.6 Å². The second-order valence-electron chi connectivity index (χ2n) is 5.22. The average molecular weight is 304 g/mol. The molecule has 20 heavy (non-hydrogen) atoms. The van der Waals surface area contributed by atoms with Crippen molar-refractivity contribution in [1.82, 2.24) is 4.90 Å². The molecule has 0 N–H and O–H groups in total. The van der Waals surface area contributed by atoms with Gasteiger partial charge >= 0.3 is 0 Å². The molecule has 0 unspecified atom stereocenters. The predicted octanol–water partition coefficient (Wildman–Crippen LogP) is 4.01. The monoisotopic (exact) mass is 303 g/mol. The first-order chi connectivity index (χ1) is 9.63. The summed E-state index contributed by atoms with van der Waals surface area (Å²) in [6, 6.07) is 2.81. The molecule has 2 rings (SSSR count). The molecule has 1 aromatic rings. The normalized spacial score (nSPS) is 20.3. The predicted molar refractivity (Wildman–Crippen MR) is 75.9 cm³/mol. The Kier molecular flexibility index (Phi) is 5.75. The number of hydrogen-bond acceptors (Lipinski definition) is 2. The number of ether oxygens (including phenoxy) is 1. The quantitative estimate of drug-likeness (QED) is 0.762. The van der Waals surface area contributed by atoms with Crippen molar-refractivity contribution in [2.75, 3.05) is 20.3 Å². The second-order valence-corrected chi connectivity index (χ2v) is 5.63. The van der Waals surface area contributed by atoms with Crippen molar-refractivity contribution in [2.24, 2.45) is 0 Å². The second kappa shape index (κ2) is 7.34. The third-order valence-electron chi connectivity index (χ3n) is 3.90. The van der Waals surface area contributed by atoms with E-state index in [-0.39, 0.29) is 17.1 Å². The van der Waals surface area contributed by atoms with Crippen molar-refractivity contribution < 1.29 is 13.5 Å². The van der Waals surface area contributed by atoms with Crippen molar-refractivity contribution in [3.63, 3.8) is 0 Å². The molecule has 2 nitrogen and oxygen atoms in total. The van der Waals surface area contributed by atoms with Gasteiger partial charge in [-0.1, -0.05) is 18.0 Å². The number of nitrogens with zero attached hydrogens (tertiary/aromatic N) is 1. The summed E-state index contributed by atoms with van der Waals surface area (Å²) in [7, 11) is 1.67. The van der Waals surface area contributed by atoms with Gasteiger partial charge in [0.2, 0.25) is 0 Å². The van der Waals surface area contributed by atoms with Gasteiger partial charge in [-0.15, -0.1) is 0 Å². The van der Waals surface area contributed by atoms with E-state index in [2.05, 4.69) is 4.90 Å². The summed E-state index contributed by atoms with van der Waals surface area (Å²) in [4.78, 5) is 2.14. The lowest BCUT2D eigenvalue weighted by Gasteiger charge is -2.35. The van der Waals surface area contributed by atoms with Gasteiger partial charge in [-0.3, -0.25) is 4.90 Å². The number of likely N-dealkylation sites (tertiary alicyclic amines) is 1. The fraction of sp³-hybridized carbons (Fsp3) is 0.600. The van der Waals surface area contributed by atoms with E-state index in [4.69, 9.17) is 16.3 Å². The van der Waals surface area contributed by atoms with Gasteiger partial charge in [0.15, 0.2) is 0 Å². The number of hydrogen-bond donors (Lipinski definition) is 0. The van der Waals surface area contributed by atoms with Gasteiger partial charge in [-0.2, -0.15) is 0 Å². The lowest BCUT2D eigenvalue weighted by atomic mass is 9.98. The van der Waals surface area contributed by atoms with E-state index < -0.39 is 11.6 Å². The average Bonchev–Trinajstić information content (AvgIpc) is 2.46. The minimum Gasteiger partial charge on any atom is -0.385 e. The molecule has 0 amide bonds. The van der Waals surface area contributed by atoms with Crippen LogP contribution in [0.25, 0.3) is 0 Å². The van der Waals surface area contributed by atoms with Crippen molar-refractivity contribution >= 4 is 11.6 Å². The molecule has 1 aliphatic heterocycles. The largest absolute Gasteiger partial charge is 0.385 e. The smallest absolute Gasteiger partial charge is 0.149 e. The molecule has 0 spiro atoms. The highest BCUT2D eigenvalue weighted by Crippen LogP contribution is 2.26. The van der Waals surface area contributed by atoms with Crippen LogP contribution < -0.4 is 0 Å². The highest BCUT2D eigenvalue weighted by molar-refractivity contribution is 6.30. The van der Waals surface area contributed by atoms with Gasteiger partial charge < -0.3 is 4.74 Å². The minimum absolute atomic E-state index is 0.0214. The zero-order chi connectivity index (χ0) is 14.5. The number of methoxy groups -OCH3 is 1. The van der Waals surface area contributed by atoms with Crippen LogP contribution in [-0.4, -0.2) is 31.2 Å². The van der Waals surface area contributed by atoms with Gasteiger partial charge in [-0.25, -0.2) is 8.78 Å². The van der Waals surface area contributed by atoms with Crippen LogP contribution in [-0.2, 0) is 11.3 Å². The Bertz CT molecular complexity index is 456. The Morgan fingerprint density at radius 2 is 2.15 bits per heavy atom. The number of benzene rings is 1. The van der Waals surface area contributed by atoms with E-state index in [1.54, 1.807) is 7.11 Å². The summed E-state index contributed by atoms with van der Waals surface area (Å²) in [6.45, 7) is 1.80. The Hall–Kier alpha value is -0.710. The zero-order valence-electron chi connectivity index (χ0n) is 11.7. The standard InChI is InChI=1S/C15H20ClF2NO/c1-20-9-7-11-4-2-3-8-19(11)10-12-14(17)6-5-13(16)15(12)18/h5-6,11H,2-4,7-10H2,1H3/t11-/m0/s1. The van der Waals surface area contributed by atoms with E-state index >= 15 is 0 Å². The number of rotatable bonds is 5.